The Balaban J connectivity index is 2.08. The van der Waals surface area contributed by atoms with Crippen molar-refractivity contribution in [2.75, 3.05) is 34.7 Å². The van der Waals surface area contributed by atoms with Gasteiger partial charge < -0.3 is 9.80 Å². The highest BCUT2D eigenvalue weighted by molar-refractivity contribution is 7.87. The lowest BCUT2D eigenvalue weighted by Gasteiger charge is -2.31. The van der Waals surface area contributed by atoms with Crippen LogP contribution < -0.4 is 4.72 Å². The molecule has 2 amide bonds. The van der Waals surface area contributed by atoms with Gasteiger partial charge in [-0.25, -0.2) is 22.4 Å². The third-order valence-corrected chi connectivity index (χ3v) is 7.51. The molecule has 12 heteroatoms. The summed E-state index contributed by atoms with van der Waals surface area (Å²) in [6.45, 7) is 0.483. The number of benzene rings is 2. The number of hydrogen-bond acceptors (Lipinski definition) is 3. The first-order valence-corrected chi connectivity index (χ1v) is 12.2. The zero-order chi connectivity index (χ0) is 26.3. The minimum Gasteiger partial charge on any atom is -0.331 e. The monoisotopic (exact) mass is 516 g/mol. The summed E-state index contributed by atoms with van der Waals surface area (Å²) in [6.07, 6.45) is -0.428. The predicted octanol–water partition coefficient (Wildman–Crippen LogP) is 3.25. The number of carbonyl (C=O) groups is 1. The van der Waals surface area contributed by atoms with E-state index in [0.717, 1.165) is 14.1 Å². The second-order valence-corrected chi connectivity index (χ2v) is 10.9. The zero-order valence-corrected chi connectivity index (χ0v) is 20.8. The molecule has 1 heterocycles. The molecule has 0 radical (unpaired) electrons. The van der Waals surface area contributed by atoms with E-state index in [9.17, 15) is 17.6 Å². The molecular weight excluding hydrogens is 488 g/mol. The van der Waals surface area contributed by atoms with Gasteiger partial charge in [0, 0.05) is 39.3 Å². The lowest BCUT2D eigenvalue weighted by molar-refractivity contribution is -0.00530. The molecule has 0 aromatic heterocycles. The van der Waals surface area contributed by atoms with Gasteiger partial charge in [0.1, 0.15) is 17.7 Å². The normalized spacial score (nSPS) is 19.9. The zero-order valence-electron chi connectivity index (χ0n) is 20.0. The number of carbonyl (C=O) groups excluding carboxylic acids is 1. The van der Waals surface area contributed by atoms with Gasteiger partial charge in [0.25, 0.3) is 16.1 Å². The molecule has 0 unspecified atom stereocenters. The summed E-state index contributed by atoms with van der Waals surface area (Å²) in [7, 11) is 0.779. The van der Waals surface area contributed by atoms with Gasteiger partial charge in [-0.05, 0) is 24.5 Å². The number of rotatable bonds is 6. The van der Waals surface area contributed by atoms with E-state index in [1.54, 1.807) is 6.07 Å². The smallest absolute Gasteiger partial charge is 0.320 e. The van der Waals surface area contributed by atoms with Gasteiger partial charge in [-0.1, -0.05) is 36.4 Å². The van der Waals surface area contributed by atoms with Crippen molar-refractivity contribution in [3.8, 4) is 11.1 Å². The lowest BCUT2D eigenvalue weighted by atomic mass is 9.94. The fourth-order valence-electron chi connectivity index (χ4n) is 4.06. The molecule has 2 aromatic rings. The van der Waals surface area contributed by atoms with Crippen LogP contribution in [-0.2, 0) is 16.6 Å². The predicted molar refractivity (Wildman–Crippen MR) is 124 cm³/mol. The Morgan fingerprint density at radius 1 is 1.06 bits per heavy atom. The topological polar surface area (TPSA) is 73.0 Å². The van der Waals surface area contributed by atoms with Crippen LogP contribution in [0, 0.1) is 18.6 Å². The van der Waals surface area contributed by atoms with Gasteiger partial charge in [-0.15, -0.1) is 0 Å². The number of amides is 2. The first-order chi connectivity index (χ1) is 16.2. The van der Waals surface area contributed by atoms with E-state index in [2.05, 4.69) is 0 Å². The Kier molecular flexibility index (Phi) is 7.49. The quantitative estimate of drug-likeness (QED) is 0.600. The summed E-state index contributed by atoms with van der Waals surface area (Å²) >= 11 is 0. The van der Waals surface area contributed by atoms with Gasteiger partial charge in [0.05, 0.1) is 12.6 Å². The molecule has 1 aliphatic heterocycles. The SMILES string of the molecule is Cc1cccc(-c2cccc(C[C@H]3[C@@H](NS(=O)(=O)N(C)C)C(F)(F)CN3C(=O)N(C)C)c2F)c1F. The standard InChI is InChI=1S/C23H28F4N4O3S/c1-14-8-6-10-16(19(14)24)17-11-7-9-15(20(17)25)12-18-21(28-35(33,34)30(4)5)23(26,27)13-31(18)22(32)29(2)3/h6-11,18,21,28H,12-13H2,1-5H3/t18-,21+/m0/s1. The van der Waals surface area contributed by atoms with Crippen LogP contribution in [0.3, 0.4) is 0 Å². The second kappa shape index (κ2) is 9.75. The van der Waals surface area contributed by atoms with Crippen LogP contribution in [0.2, 0.25) is 0 Å². The van der Waals surface area contributed by atoms with Crippen LogP contribution in [0.4, 0.5) is 22.4 Å². The van der Waals surface area contributed by atoms with Gasteiger partial charge in [-0.2, -0.15) is 17.4 Å². The van der Waals surface area contributed by atoms with Crippen molar-refractivity contribution in [1.82, 2.24) is 18.8 Å². The van der Waals surface area contributed by atoms with Crippen molar-refractivity contribution >= 4 is 16.2 Å². The maximum Gasteiger partial charge on any atom is 0.320 e. The number of alkyl halides is 2. The number of nitrogens with one attached hydrogen (secondary N) is 1. The maximum absolute atomic E-state index is 15.6. The molecule has 2 aromatic carbocycles. The number of likely N-dealkylation sites (tertiary alicyclic amines) is 1. The molecule has 3 rings (SSSR count). The summed E-state index contributed by atoms with van der Waals surface area (Å²) < 4.78 is 87.9. The summed E-state index contributed by atoms with van der Waals surface area (Å²) in [5.74, 6) is -5.08. The van der Waals surface area contributed by atoms with E-state index < -0.39 is 58.8 Å². The van der Waals surface area contributed by atoms with Crippen molar-refractivity contribution in [3.05, 3.63) is 59.2 Å². The number of urea groups is 1. The Hall–Kier alpha value is -2.70. The van der Waals surface area contributed by atoms with Crippen LogP contribution in [0.25, 0.3) is 11.1 Å². The van der Waals surface area contributed by atoms with Crippen molar-refractivity contribution in [2.45, 2.75) is 31.4 Å². The van der Waals surface area contributed by atoms with E-state index in [1.807, 2.05) is 4.72 Å². The third kappa shape index (κ3) is 5.29. The van der Waals surface area contributed by atoms with Crippen molar-refractivity contribution in [2.24, 2.45) is 0 Å². The maximum atomic E-state index is 15.6. The lowest BCUT2D eigenvalue weighted by Crippen LogP contribution is -2.55. The fraction of sp³-hybridized carbons (Fsp3) is 0.435. The Bertz CT molecular complexity index is 1220. The van der Waals surface area contributed by atoms with E-state index in [0.29, 0.717) is 5.56 Å². The molecule has 1 N–H and O–H groups in total. The summed E-state index contributed by atoms with van der Waals surface area (Å²) in [5, 5.41) is 0. The van der Waals surface area contributed by atoms with Gasteiger partial charge in [-0.3, -0.25) is 0 Å². The van der Waals surface area contributed by atoms with Crippen LogP contribution >= 0.6 is 0 Å². The molecule has 0 saturated carbocycles. The van der Waals surface area contributed by atoms with E-state index in [-0.39, 0.29) is 16.7 Å². The van der Waals surface area contributed by atoms with Crippen molar-refractivity contribution < 1.29 is 30.8 Å². The molecule has 0 aliphatic carbocycles. The van der Waals surface area contributed by atoms with Crippen molar-refractivity contribution in [1.29, 1.82) is 0 Å². The number of hydrogen-bond donors (Lipinski definition) is 1. The summed E-state index contributed by atoms with van der Waals surface area (Å²) in [6, 6.07) is 4.48. The number of nitrogens with zero attached hydrogens (tertiary/aromatic N) is 3. The first kappa shape index (κ1) is 26.9. The molecule has 1 fully saturated rings. The highest BCUT2D eigenvalue weighted by Gasteiger charge is 2.57. The van der Waals surface area contributed by atoms with Crippen LogP contribution in [0.15, 0.2) is 36.4 Å². The van der Waals surface area contributed by atoms with Gasteiger partial charge >= 0.3 is 6.03 Å². The molecule has 0 bridgehead atoms. The molecule has 1 saturated heterocycles. The molecule has 35 heavy (non-hydrogen) atoms. The molecule has 7 nitrogen and oxygen atoms in total. The average Bonchev–Trinajstić information content (AvgIpc) is 3.00. The molecule has 0 spiro atoms. The van der Waals surface area contributed by atoms with Gasteiger partial charge in [0.15, 0.2) is 0 Å². The third-order valence-electron chi connectivity index (χ3n) is 6.00. The second-order valence-electron chi connectivity index (χ2n) is 8.94. The van der Waals surface area contributed by atoms with Crippen molar-refractivity contribution in [3.63, 3.8) is 0 Å². The average molecular weight is 517 g/mol. The first-order valence-electron chi connectivity index (χ1n) is 10.8. The van der Waals surface area contributed by atoms with Crippen LogP contribution in [0.1, 0.15) is 11.1 Å². The highest BCUT2D eigenvalue weighted by Crippen LogP contribution is 2.37. The van der Waals surface area contributed by atoms with E-state index in [4.69, 9.17) is 0 Å². The molecule has 192 valence electrons. The highest BCUT2D eigenvalue weighted by atomic mass is 32.2. The molecule has 2 atom stereocenters. The number of aryl methyl sites for hydroxylation is 1. The Morgan fingerprint density at radius 2 is 1.63 bits per heavy atom. The number of halogens is 4. The Morgan fingerprint density at radius 3 is 2.20 bits per heavy atom. The minimum absolute atomic E-state index is 0.00665. The molecular formula is C23H28F4N4O3S. The van der Waals surface area contributed by atoms with Crippen LogP contribution in [-0.4, -0.2) is 81.3 Å². The van der Waals surface area contributed by atoms with E-state index >= 15 is 13.2 Å². The summed E-state index contributed by atoms with van der Waals surface area (Å²) in [5.41, 5.74) is 0.192. The van der Waals surface area contributed by atoms with Gasteiger partial charge in [0.2, 0.25) is 0 Å². The van der Waals surface area contributed by atoms with Crippen LogP contribution in [0.5, 0.6) is 0 Å². The van der Waals surface area contributed by atoms with E-state index in [1.165, 1.54) is 65.4 Å². The minimum atomic E-state index is -4.31. The summed E-state index contributed by atoms with van der Waals surface area (Å²) in [4.78, 5) is 14.6. The largest absolute Gasteiger partial charge is 0.331 e. The Labute approximate surface area is 202 Å². The fourth-order valence-corrected chi connectivity index (χ4v) is 4.92. The molecule has 1 aliphatic rings.